The number of fused-ring (bicyclic) bond motifs is 1. The quantitative estimate of drug-likeness (QED) is 0.643. The van der Waals surface area contributed by atoms with Crippen molar-refractivity contribution in [1.29, 1.82) is 0 Å². The molecule has 1 aromatic rings. The molecule has 0 spiro atoms. The van der Waals surface area contributed by atoms with Gasteiger partial charge in [-0.05, 0) is 31.6 Å². The molecule has 0 unspecified atom stereocenters. The molecule has 2 aliphatic rings. The van der Waals surface area contributed by atoms with Crippen LogP contribution in [0.5, 0.6) is 11.5 Å². The number of nitrogens with one attached hydrogen (secondary N) is 2. The number of hydrogen-bond acceptors (Lipinski definition) is 6. The molecule has 0 aromatic heterocycles. The molecule has 1 fully saturated rings. The van der Waals surface area contributed by atoms with Crippen LogP contribution in [0.25, 0.3) is 0 Å². The summed E-state index contributed by atoms with van der Waals surface area (Å²) in [5.74, 6) is 0.283. The number of carbonyl (C=O) groups excluding carboxylic acids is 1. The minimum absolute atomic E-state index is 0. The van der Waals surface area contributed by atoms with E-state index in [0.29, 0.717) is 23.1 Å². The van der Waals surface area contributed by atoms with Crippen LogP contribution in [0.4, 0.5) is 11.4 Å². The highest BCUT2D eigenvalue weighted by atomic mass is 35.5. The van der Waals surface area contributed by atoms with Crippen molar-refractivity contribution < 1.29 is 22.7 Å². The fourth-order valence-electron chi connectivity index (χ4n) is 3.10. The average molecular weight is 406 g/mol. The minimum atomic E-state index is -3.70. The predicted octanol–water partition coefficient (Wildman–Crippen LogP) is 1.86. The van der Waals surface area contributed by atoms with Crippen molar-refractivity contribution in [2.75, 3.05) is 23.6 Å². The number of nitrogen functional groups attached to an aromatic ring is 1. The molecular formula is C16H24ClN3O5S. The topological polar surface area (TPSA) is 120 Å². The van der Waals surface area contributed by atoms with Gasteiger partial charge in [-0.1, -0.05) is 6.92 Å². The molecule has 1 amide bonds. The predicted molar refractivity (Wildman–Crippen MR) is 101 cm³/mol. The lowest BCUT2D eigenvalue weighted by molar-refractivity contribution is -0.113. The van der Waals surface area contributed by atoms with Crippen LogP contribution in [0.3, 0.4) is 0 Å². The summed E-state index contributed by atoms with van der Waals surface area (Å²) in [7, 11) is -3.70. The van der Waals surface area contributed by atoms with Crippen molar-refractivity contribution in [2.45, 2.75) is 38.6 Å². The molecule has 10 heteroatoms. The van der Waals surface area contributed by atoms with Crippen molar-refractivity contribution in [2.24, 2.45) is 5.92 Å². The molecular weight excluding hydrogens is 382 g/mol. The van der Waals surface area contributed by atoms with Gasteiger partial charge in [0.1, 0.15) is 5.75 Å². The Kier molecular flexibility index (Phi) is 6.59. The lowest BCUT2D eigenvalue weighted by Crippen LogP contribution is -2.41. The Morgan fingerprint density at radius 3 is 2.46 bits per heavy atom. The Balaban J connectivity index is 0.00000243. The first kappa shape index (κ1) is 20.6. The second kappa shape index (κ2) is 8.32. The van der Waals surface area contributed by atoms with E-state index in [4.69, 9.17) is 15.2 Å². The van der Waals surface area contributed by atoms with Crippen molar-refractivity contribution >= 4 is 39.7 Å². The number of anilines is 2. The van der Waals surface area contributed by atoms with Crippen LogP contribution in [-0.4, -0.2) is 32.9 Å². The maximum Gasteiger partial charge on any atom is 0.241 e. The summed E-state index contributed by atoms with van der Waals surface area (Å²) in [4.78, 5) is 12.1. The fraction of sp³-hybridized carbons (Fsp3) is 0.562. The largest absolute Gasteiger partial charge is 0.454 e. The number of sulfonamides is 1. The van der Waals surface area contributed by atoms with E-state index in [0.717, 1.165) is 25.7 Å². The van der Waals surface area contributed by atoms with Gasteiger partial charge in [-0.25, -0.2) is 13.1 Å². The molecule has 0 bridgehead atoms. The Bertz CT molecular complexity index is 763. The summed E-state index contributed by atoms with van der Waals surface area (Å²) in [6.07, 6.45) is 3.59. The molecule has 0 atom stereocenters. The van der Waals surface area contributed by atoms with Crippen LogP contribution in [0.15, 0.2) is 12.1 Å². The van der Waals surface area contributed by atoms with Gasteiger partial charge in [0.05, 0.1) is 11.4 Å². The highest BCUT2D eigenvalue weighted by Crippen LogP contribution is 2.38. The molecule has 1 aliphatic heterocycles. The summed E-state index contributed by atoms with van der Waals surface area (Å²) < 4.78 is 37.5. The van der Waals surface area contributed by atoms with Crippen LogP contribution in [0.2, 0.25) is 0 Å². The van der Waals surface area contributed by atoms with E-state index in [-0.39, 0.29) is 30.9 Å². The number of nitrogens with two attached hydrogens (primary N) is 1. The smallest absolute Gasteiger partial charge is 0.241 e. The molecule has 3 rings (SSSR count). The molecule has 0 radical (unpaired) electrons. The first-order valence-corrected chi connectivity index (χ1v) is 9.96. The van der Waals surface area contributed by atoms with E-state index in [1.165, 1.54) is 12.1 Å². The monoisotopic (exact) mass is 405 g/mol. The third-order valence-corrected chi connectivity index (χ3v) is 5.84. The van der Waals surface area contributed by atoms with Crippen molar-refractivity contribution in [3.05, 3.63) is 12.1 Å². The van der Waals surface area contributed by atoms with Gasteiger partial charge < -0.3 is 20.5 Å². The molecule has 26 heavy (non-hydrogen) atoms. The van der Waals surface area contributed by atoms with Crippen molar-refractivity contribution in [1.82, 2.24) is 4.72 Å². The minimum Gasteiger partial charge on any atom is -0.454 e. The summed E-state index contributed by atoms with van der Waals surface area (Å²) in [6.45, 7) is 2.25. The lowest BCUT2D eigenvalue weighted by Gasteiger charge is -2.26. The second-order valence-corrected chi connectivity index (χ2v) is 8.43. The number of rotatable bonds is 5. The number of hydrogen-bond donors (Lipinski definition) is 3. The van der Waals surface area contributed by atoms with E-state index in [9.17, 15) is 13.2 Å². The summed E-state index contributed by atoms with van der Waals surface area (Å²) in [6, 6.07) is 2.97. The zero-order valence-corrected chi connectivity index (χ0v) is 16.1. The number of benzene rings is 1. The molecule has 8 nitrogen and oxygen atoms in total. The fourth-order valence-corrected chi connectivity index (χ4v) is 4.34. The van der Waals surface area contributed by atoms with Gasteiger partial charge in [0, 0.05) is 18.2 Å². The number of halogens is 1. The van der Waals surface area contributed by atoms with E-state index in [1.807, 2.05) is 0 Å². The first-order chi connectivity index (χ1) is 11.8. The first-order valence-electron chi connectivity index (χ1n) is 8.31. The zero-order chi connectivity index (χ0) is 18.0. The molecule has 1 aliphatic carbocycles. The van der Waals surface area contributed by atoms with Crippen LogP contribution in [-0.2, 0) is 14.8 Å². The van der Waals surface area contributed by atoms with Crippen molar-refractivity contribution in [3.63, 3.8) is 0 Å². The van der Waals surface area contributed by atoms with Gasteiger partial charge >= 0.3 is 0 Å². The van der Waals surface area contributed by atoms with Gasteiger partial charge in [-0.3, -0.25) is 4.79 Å². The van der Waals surface area contributed by atoms with Crippen molar-refractivity contribution in [3.8, 4) is 11.5 Å². The Morgan fingerprint density at radius 2 is 1.81 bits per heavy atom. The van der Waals surface area contributed by atoms with E-state index < -0.39 is 21.7 Å². The van der Waals surface area contributed by atoms with Crippen LogP contribution in [0.1, 0.15) is 32.6 Å². The van der Waals surface area contributed by atoms with E-state index in [1.54, 1.807) is 0 Å². The average Bonchev–Trinajstić information content (AvgIpc) is 2.96. The number of carbonyl (C=O) groups is 1. The molecule has 1 saturated carbocycles. The second-order valence-electron chi connectivity index (χ2n) is 6.67. The van der Waals surface area contributed by atoms with Gasteiger partial charge in [-0.2, -0.15) is 0 Å². The third-order valence-electron chi connectivity index (χ3n) is 4.50. The Labute approximate surface area is 159 Å². The number of amides is 1. The highest BCUT2D eigenvalue weighted by Gasteiger charge is 2.25. The maximum absolute atomic E-state index is 12.2. The van der Waals surface area contributed by atoms with E-state index in [2.05, 4.69) is 17.0 Å². The normalized spacial score (nSPS) is 21.7. The molecule has 146 valence electrons. The maximum atomic E-state index is 12.2. The third kappa shape index (κ3) is 5.15. The van der Waals surface area contributed by atoms with Gasteiger partial charge in [0.2, 0.25) is 22.7 Å². The lowest BCUT2D eigenvalue weighted by atomic mass is 9.88. The summed E-state index contributed by atoms with van der Waals surface area (Å²) in [5, 5.41) is 2.52. The SMILES string of the molecule is CC1CCC(NS(=O)(=O)CC(=O)Nc2cc3c(cc2N)OCO3)CC1.Cl. The van der Waals surface area contributed by atoms with Crippen LogP contribution in [0, 0.1) is 5.92 Å². The standard InChI is InChI=1S/C16H23N3O5S.ClH/c1-10-2-4-11(5-3-10)19-25(21,22)8-16(20)18-13-7-15-14(6-12(13)17)23-9-24-15;/h6-7,10-11,19H,2-5,8-9,17H2,1H3,(H,18,20);1H. The Hall–Kier alpha value is -1.71. The van der Waals surface area contributed by atoms with E-state index >= 15 is 0 Å². The molecule has 1 aromatic carbocycles. The number of ether oxygens (including phenoxy) is 2. The highest BCUT2D eigenvalue weighted by molar-refractivity contribution is 7.90. The Morgan fingerprint density at radius 1 is 1.19 bits per heavy atom. The van der Waals surface area contributed by atoms with Gasteiger partial charge in [0.25, 0.3) is 0 Å². The van der Waals surface area contributed by atoms with Crippen LogP contribution >= 0.6 is 12.4 Å². The molecule has 4 N–H and O–H groups in total. The summed E-state index contributed by atoms with van der Waals surface area (Å²) in [5.41, 5.74) is 6.44. The molecule has 0 saturated heterocycles. The zero-order valence-electron chi connectivity index (χ0n) is 14.5. The van der Waals surface area contributed by atoms with Gasteiger partial charge in [0.15, 0.2) is 11.5 Å². The van der Waals surface area contributed by atoms with Crippen LogP contribution < -0.4 is 25.2 Å². The van der Waals surface area contributed by atoms with Gasteiger partial charge in [-0.15, -0.1) is 12.4 Å². The summed E-state index contributed by atoms with van der Waals surface area (Å²) >= 11 is 0. The molecule has 1 heterocycles.